The lowest BCUT2D eigenvalue weighted by Crippen LogP contribution is -2.22. The zero-order valence-electron chi connectivity index (χ0n) is 33.6. The van der Waals surface area contributed by atoms with Crippen LogP contribution in [0.15, 0.2) is 12.2 Å². The molecule has 272 valence electrons. The lowest BCUT2D eigenvalue weighted by molar-refractivity contribution is 0.282. The Kier molecular flexibility index (Phi) is 63.1. The van der Waals surface area contributed by atoms with Gasteiger partial charge in [-0.15, -0.1) is 0 Å². The SMILES string of the molecule is C=C(CCCCCCCC(C)C)C(CCC)CCCC.CC.CC.CCC.CCCCCCCC(C)CNCCCCCO. The molecule has 2 heteroatoms. The summed E-state index contributed by atoms with van der Waals surface area (Å²) in [6.07, 6.45) is 29.3. The fraction of sp³-hybridized carbons (Fsp3) is 0.952. The van der Waals surface area contributed by atoms with Gasteiger partial charge in [0.15, 0.2) is 0 Å². The van der Waals surface area contributed by atoms with Crippen LogP contribution < -0.4 is 5.32 Å². The average Bonchev–Trinajstić information content (AvgIpc) is 3.02. The average molecular weight is 628 g/mol. The maximum absolute atomic E-state index is 8.65. The van der Waals surface area contributed by atoms with Gasteiger partial charge in [0, 0.05) is 6.61 Å². The second kappa shape index (κ2) is 52.2. The van der Waals surface area contributed by atoms with Crippen LogP contribution in [0.1, 0.15) is 224 Å². The summed E-state index contributed by atoms with van der Waals surface area (Å²) in [6.45, 7) is 33.1. The number of unbranched alkanes of at least 4 members (excludes halogenated alkanes) is 11. The fourth-order valence-electron chi connectivity index (χ4n) is 5.08. The van der Waals surface area contributed by atoms with Crippen molar-refractivity contribution in [1.29, 1.82) is 0 Å². The molecule has 0 aromatic rings. The first kappa shape index (κ1) is 53.2. The maximum Gasteiger partial charge on any atom is 0.0431 e. The first-order valence-corrected chi connectivity index (χ1v) is 20.3. The van der Waals surface area contributed by atoms with Gasteiger partial charge in [-0.1, -0.05) is 185 Å². The monoisotopic (exact) mass is 628 g/mol. The summed E-state index contributed by atoms with van der Waals surface area (Å²) < 4.78 is 0. The first-order valence-electron chi connectivity index (χ1n) is 20.3. The molecule has 0 spiro atoms. The smallest absolute Gasteiger partial charge is 0.0431 e. The highest BCUT2D eigenvalue weighted by molar-refractivity contribution is 5.00. The van der Waals surface area contributed by atoms with E-state index in [0.717, 1.165) is 43.7 Å². The number of hydrogen-bond acceptors (Lipinski definition) is 2. The van der Waals surface area contributed by atoms with Crippen LogP contribution in [0.2, 0.25) is 0 Å². The van der Waals surface area contributed by atoms with Crippen LogP contribution in [-0.4, -0.2) is 24.8 Å². The van der Waals surface area contributed by atoms with Crippen molar-refractivity contribution in [2.45, 2.75) is 224 Å². The number of aliphatic hydroxyl groups is 1. The topological polar surface area (TPSA) is 32.3 Å². The van der Waals surface area contributed by atoms with Gasteiger partial charge in [-0.3, -0.25) is 0 Å². The minimum absolute atomic E-state index is 0.341. The fourth-order valence-corrected chi connectivity index (χ4v) is 5.08. The van der Waals surface area contributed by atoms with E-state index in [4.69, 9.17) is 5.11 Å². The second-order valence-corrected chi connectivity index (χ2v) is 13.0. The quantitative estimate of drug-likeness (QED) is 0.0701. The Labute approximate surface area is 283 Å². The molecular formula is C42H93NO. The molecule has 2 atom stereocenters. The molecule has 0 rings (SSSR count). The lowest BCUT2D eigenvalue weighted by atomic mass is 9.87. The maximum atomic E-state index is 8.65. The van der Waals surface area contributed by atoms with E-state index < -0.39 is 0 Å². The van der Waals surface area contributed by atoms with Gasteiger partial charge in [-0.2, -0.15) is 0 Å². The molecule has 0 aliphatic heterocycles. The molecule has 0 bridgehead atoms. The number of nitrogens with one attached hydrogen (secondary N) is 1. The predicted molar refractivity (Wildman–Crippen MR) is 209 cm³/mol. The second-order valence-electron chi connectivity index (χ2n) is 13.0. The van der Waals surface area contributed by atoms with E-state index in [1.807, 2.05) is 27.7 Å². The number of allylic oxidation sites excluding steroid dienone is 1. The van der Waals surface area contributed by atoms with Crippen molar-refractivity contribution in [3.05, 3.63) is 12.2 Å². The van der Waals surface area contributed by atoms with Crippen molar-refractivity contribution in [3.8, 4) is 0 Å². The van der Waals surface area contributed by atoms with E-state index in [0.29, 0.717) is 6.61 Å². The Morgan fingerprint density at radius 3 is 1.59 bits per heavy atom. The van der Waals surface area contributed by atoms with Crippen LogP contribution in [0.5, 0.6) is 0 Å². The zero-order chi connectivity index (χ0) is 34.7. The van der Waals surface area contributed by atoms with Gasteiger partial charge in [0.05, 0.1) is 0 Å². The third-order valence-electron chi connectivity index (χ3n) is 7.70. The van der Waals surface area contributed by atoms with E-state index in [-0.39, 0.29) is 0 Å². The third-order valence-corrected chi connectivity index (χ3v) is 7.70. The summed E-state index contributed by atoms with van der Waals surface area (Å²) in [5.41, 5.74) is 1.54. The van der Waals surface area contributed by atoms with Crippen LogP contribution >= 0.6 is 0 Å². The Morgan fingerprint density at radius 1 is 0.568 bits per heavy atom. The van der Waals surface area contributed by atoms with E-state index in [2.05, 4.69) is 67.3 Å². The summed E-state index contributed by atoms with van der Waals surface area (Å²) in [4.78, 5) is 0. The molecule has 0 aromatic heterocycles. The van der Waals surface area contributed by atoms with Crippen molar-refractivity contribution in [3.63, 3.8) is 0 Å². The highest BCUT2D eigenvalue weighted by Crippen LogP contribution is 2.26. The molecule has 0 aliphatic carbocycles. The Morgan fingerprint density at radius 2 is 1.07 bits per heavy atom. The molecule has 0 heterocycles. The summed E-state index contributed by atoms with van der Waals surface area (Å²) >= 11 is 0. The van der Waals surface area contributed by atoms with Gasteiger partial charge in [0.2, 0.25) is 0 Å². The van der Waals surface area contributed by atoms with Crippen molar-refractivity contribution >= 4 is 0 Å². The molecule has 0 fully saturated rings. The van der Waals surface area contributed by atoms with Crippen molar-refractivity contribution in [2.75, 3.05) is 19.7 Å². The van der Waals surface area contributed by atoms with Crippen LogP contribution in [0.4, 0.5) is 0 Å². The molecule has 2 nitrogen and oxygen atoms in total. The number of rotatable bonds is 27. The summed E-state index contributed by atoms with van der Waals surface area (Å²) in [5.74, 6) is 2.50. The van der Waals surface area contributed by atoms with Gasteiger partial charge in [0.25, 0.3) is 0 Å². The highest BCUT2D eigenvalue weighted by Gasteiger charge is 2.11. The minimum Gasteiger partial charge on any atom is -0.396 e. The number of aliphatic hydroxyl groups excluding tert-OH is 1. The standard InChI is InChI=1S/C20H40.C15H33NO.C3H8.2C2H6/c1-6-8-17-20(14-7-2)19(5)16-13-11-9-10-12-15-18(3)4;1-3-4-5-6-8-11-15(2)14-16-12-9-7-10-13-17;1-3-2;2*1-2/h18,20H,5-17H2,1-4H3;15-17H,3-14H2,1-2H3;3H2,1-2H3;2*1-2H3. The highest BCUT2D eigenvalue weighted by atomic mass is 16.2. The largest absolute Gasteiger partial charge is 0.396 e. The van der Waals surface area contributed by atoms with E-state index in [1.165, 1.54) is 128 Å². The molecular weight excluding hydrogens is 534 g/mol. The summed E-state index contributed by atoms with van der Waals surface area (Å²) in [5, 5.41) is 12.2. The Hall–Kier alpha value is -0.340. The molecule has 0 aromatic carbocycles. The van der Waals surface area contributed by atoms with E-state index >= 15 is 0 Å². The predicted octanol–water partition coefficient (Wildman–Crippen LogP) is 14.7. The van der Waals surface area contributed by atoms with E-state index in [9.17, 15) is 0 Å². The van der Waals surface area contributed by atoms with Crippen LogP contribution in [0.3, 0.4) is 0 Å². The van der Waals surface area contributed by atoms with Crippen molar-refractivity contribution < 1.29 is 5.11 Å². The molecule has 0 aliphatic rings. The normalized spacial score (nSPS) is 11.5. The van der Waals surface area contributed by atoms with Crippen molar-refractivity contribution in [2.24, 2.45) is 17.8 Å². The number of hydrogen-bond donors (Lipinski definition) is 2. The molecule has 2 N–H and O–H groups in total. The van der Waals surface area contributed by atoms with E-state index in [1.54, 1.807) is 5.57 Å². The minimum atomic E-state index is 0.341. The molecule has 0 saturated carbocycles. The Bertz CT molecular complexity index is 447. The van der Waals surface area contributed by atoms with Gasteiger partial charge in [0.1, 0.15) is 0 Å². The molecule has 44 heavy (non-hydrogen) atoms. The Balaban J connectivity index is -0.000000192. The molecule has 2 unspecified atom stereocenters. The third kappa shape index (κ3) is 54.2. The molecule has 0 radical (unpaired) electrons. The van der Waals surface area contributed by atoms with Gasteiger partial charge in [-0.05, 0) is 82.2 Å². The summed E-state index contributed by atoms with van der Waals surface area (Å²) in [7, 11) is 0. The van der Waals surface area contributed by atoms with Crippen LogP contribution in [-0.2, 0) is 0 Å². The molecule has 0 saturated heterocycles. The van der Waals surface area contributed by atoms with Crippen LogP contribution in [0, 0.1) is 17.8 Å². The lowest BCUT2D eigenvalue weighted by Gasteiger charge is -2.19. The zero-order valence-corrected chi connectivity index (χ0v) is 33.6. The van der Waals surface area contributed by atoms with Crippen molar-refractivity contribution in [1.82, 2.24) is 5.32 Å². The van der Waals surface area contributed by atoms with Gasteiger partial charge in [-0.25, -0.2) is 0 Å². The summed E-state index contributed by atoms with van der Waals surface area (Å²) in [6, 6.07) is 0. The first-order chi connectivity index (χ1) is 21.3. The molecule has 0 amide bonds. The van der Waals surface area contributed by atoms with Gasteiger partial charge < -0.3 is 10.4 Å². The van der Waals surface area contributed by atoms with Gasteiger partial charge >= 0.3 is 0 Å². The van der Waals surface area contributed by atoms with Crippen LogP contribution in [0.25, 0.3) is 0 Å².